The number of anilines is 1. The lowest BCUT2D eigenvalue weighted by molar-refractivity contribution is -0.115. The van der Waals surface area contributed by atoms with Gasteiger partial charge in [0.2, 0.25) is 5.91 Å². The average molecular weight is 193 g/mol. The van der Waals surface area contributed by atoms with Crippen LogP contribution in [0.2, 0.25) is 5.02 Å². The van der Waals surface area contributed by atoms with Crippen LogP contribution in [0.5, 0.6) is 0 Å². The SMILES string of the molecule is N#Cc1cc(Cl)c2c(c1)CC(=O)N2. The zero-order valence-corrected chi connectivity index (χ0v) is 7.35. The average Bonchev–Trinajstić information content (AvgIpc) is 2.46. The van der Waals surface area contributed by atoms with Gasteiger partial charge in [0, 0.05) is 0 Å². The van der Waals surface area contributed by atoms with Gasteiger partial charge in [-0.05, 0) is 17.7 Å². The number of carbonyl (C=O) groups excluding carboxylic acids is 1. The van der Waals surface area contributed by atoms with Gasteiger partial charge in [-0.3, -0.25) is 4.79 Å². The van der Waals surface area contributed by atoms with E-state index in [1.807, 2.05) is 6.07 Å². The molecule has 1 aromatic rings. The number of benzene rings is 1. The molecule has 0 aromatic heterocycles. The predicted octanol–water partition coefficient (Wildman–Crippen LogP) is 1.71. The molecule has 13 heavy (non-hydrogen) atoms. The minimum absolute atomic E-state index is 0.0769. The van der Waals surface area contributed by atoms with Crippen LogP contribution in [0.15, 0.2) is 12.1 Å². The van der Waals surface area contributed by atoms with Crippen LogP contribution in [0.3, 0.4) is 0 Å². The van der Waals surface area contributed by atoms with Crippen LogP contribution in [0, 0.1) is 11.3 Å². The van der Waals surface area contributed by atoms with Crippen LogP contribution < -0.4 is 5.32 Å². The zero-order chi connectivity index (χ0) is 9.42. The molecule has 0 fully saturated rings. The number of nitriles is 1. The summed E-state index contributed by atoms with van der Waals surface area (Å²) in [5.74, 6) is -0.0769. The maximum atomic E-state index is 11.0. The van der Waals surface area contributed by atoms with Crippen molar-refractivity contribution in [2.75, 3.05) is 5.32 Å². The molecule has 0 atom stereocenters. The maximum absolute atomic E-state index is 11.0. The predicted molar refractivity (Wildman–Crippen MR) is 48.5 cm³/mol. The second-order valence-corrected chi connectivity index (χ2v) is 3.24. The highest BCUT2D eigenvalue weighted by Crippen LogP contribution is 2.32. The van der Waals surface area contributed by atoms with Gasteiger partial charge in [-0.1, -0.05) is 11.6 Å². The van der Waals surface area contributed by atoms with E-state index in [9.17, 15) is 4.79 Å². The van der Waals surface area contributed by atoms with Crippen molar-refractivity contribution in [3.8, 4) is 6.07 Å². The summed E-state index contributed by atoms with van der Waals surface area (Å²) in [7, 11) is 0. The molecule has 64 valence electrons. The van der Waals surface area contributed by atoms with E-state index in [2.05, 4.69) is 5.32 Å². The Morgan fingerprint density at radius 3 is 3.00 bits per heavy atom. The number of hydrogen-bond donors (Lipinski definition) is 1. The lowest BCUT2D eigenvalue weighted by Gasteiger charge is -2.00. The van der Waals surface area contributed by atoms with Crippen LogP contribution in [0.1, 0.15) is 11.1 Å². The third kappa shape index (κ3) is 1.25. The Bertz CT molecular complexity index is 434. The van der Waals surface area contributed by atoms with E-state index in [-0.39, 0.29) is 5.91 Å². The third-order valence-electron chi connectivity index (χ3n) is 1.92. The fraction of sp³-hybridized carbons (Fsp3) is 0.111. The second kappa shape index (κ2) is 2.75. The first-order valence-electron chi connectivity index (χ1n) is 3.73. The molecule has 0 radical (unpaired) electrons. The lowest BCUT2D eigenvalue weighted by atomic mass is 10.1. The molecule has 1 aromatic carbocycles. The van der Waals surface area contributed by atoms with E-state index >= 15 is 0 Å². The number of nitrogens with zero attached hydrogens (tertiary/aromatic N) is 1. The molecule has 2 rings (SSSR count). The van der Waals surface area contributed by atoms with Crippen molar-refractivity contribution in [2.24, 2.45) is 0 Å². The van der Waals surface area contributed by atoms with Crippen molar-refractivity contribution in [2.45, 2.75) is 6.42 Å². The van der Waals surface area contributed by atoms with Gasteiger partial charge in [-0.2, -0.15) is 5.26 Å². The first-order chi connectivity index (χ1) is 6.20. The van der Waals surface area contributed by atoms with E-state index in [4.69, 9.17) is 16.9 Å². The Morgan fingerprint density at radius 1 is 1.54 bits per heavy atom. The molecule has 0 saturated carbocycles. The third-order valence-corrected chi connectivity index (χ3v) is 2.21. The second-order valence-electron chi connectivity index (χ2n) is 2.83. The molecular weight excluding hydrogens is 188 g/mol. The monoisotopic (exact) mass is 192 g/mol. The largest absolute Gasteiger partial charge is 0.324 e. The van der Waals surface area contributed by atoms with E-state index in [1.165, 1.54) is 0 Å². The normalized spacial score (nSPS) is 13.4. The van der Waals surface area contributed by atoms with E-state index in [0.29, 0.717) is 22.7 Å². The van der Waals surface area contributed by atoms with Crippen molar-refractivity contribution < 1.29 is 4.79 Å². The quantitative estimate of drug-likeness (QED) is 0.680. The summed E-state index contributed by atoms with van der Waals surface area (Å²) in [6.45, 7) is 0. The molecule has 1 amide bonds. The van der Waals surface area contributed by atoms with E-state index in [1.54, 1.807) is 12.1 Å². The van der Waals surface area contributed by atoms with Gasteiger partial charge in [0.25, 0.3) is 0 Å². The Labute approximate surface area is 79.9 Å². The van der Waals surface area contributed by atoms with Crippen LogP contribution >= 0.6 is 11.6 Å². The number of carbonyl (C=O) groups is 1. The summed E-state index contributed by atoms with van der Waals surface area (Å²) in [4.78, 5) is 11.0. The highest BCUT2D eigenvalue weighted by atomic mass is 35.5. The number of fused-ring (bicyclic) bond motifs is 1. The summed E-state index contributed by atoms with van der Waals surface area (Å²) in [5.41, 5.74) is 1.93. The standard InChI is InChI=1S/C9H5ClN2O/c10-7-2-5(4-11)1-6-3-8(13)12-9(6)7/h1-2H,3H2,(H,12,13). The Morgan fingerprint density at radius 2 is 2.31 bits per heavy atom. The summed E-state index contributed by atoms with van der Waals surface area (Å²) in [6, 6.07) is 5.22. The van der Waals surface area contributed by atoms with Gasteiger partial charge in [-0.15, -0.1) is 0 Å². The molecule has 0 spiro atoms. The highest BCUT2D eigenvalue weighted by Gasteiger charge is 2.20. The molecular formula is C9H5ClN2O. The van der Waals surface area contributed by atoms with E-state index < -0.39 is 0 Å². The number of amides is 1. The molecule has 0 unspecified atom stereocenters. The highest BCUT2D eigenvalue weighted by molar-refractivity contribution is 6.34. The van der Waals surface area contributed by atoms with Crippen LogP contribution in [-0.2, 0) is 11.2 Å². The summed E-state index contributed by atoms with van der Waals surface area (Å²) in [5, 5.41) is 11.7. The van der Waals surface area contributed by atoms with Crippen molar-refractivity contribution in [3.05, 3.63) is 28.3 Å². The van der Waals surface area contributed by atoms with Gasteiger partial charge in [0.05, 0.1) is 28.8 Å². The fourth-order valence-corrected chi connectivity index (χ4v) is 1.65. The Hall–Kier alpha value is -1.53. The Balaban J connectivity index is 2.60. The smallest absolute Gasteiger partial charge is 0.228 e. The minimum Gasteiger partial charge on any atom is -0.324 e. The van der Waals surface area contributed by atoms with Crippen LogP contribution in [0.25, 0.3) is 0 Å². The summed E-state index contributed by atoms with van der Waals surface area (Å²) >= 11 is 5.85. The number of rotatable bonds is 0. The zero-order valence-electron chi connectivity index (χ0n) is 6.60. The molecule has 0 saturated heterocycles. The Kier molecular flexibility index (Phi) is 1.71. The topological polar surface area (TPSA) is 52.9 Å². The molecule has 0 aliphatic carbocycles. The van der Waals surface area contributed by atoms with E-state index in [0.717, 1.165) is 5.56 Å². The lowest BCUT2D eigenvalue weighted by Crippen LogP contribution is -2.03. The first kappa shape index (κ1) is 8.09. The summed E-state index contributed by atoms with van der Waals surface area (Å²) in [6.07, 6.45) is 0.310. The number of halogens is 1. The van der Waals surface area contributed by atoms with Crippen molar-refractivity contribution >= 4 is 23.2 Å². The molecule has 0 bridgehead atoms. The molecule has 3 nitrogen and oxygen atoms in total. The van der Waals surface area contributed by atoms with Gasteiger partial charge < -0.3 is 5.32 Å². The molecule has 1 N–H and O–H groups in total. The van der Waals surface area contributed by atoms with Gasteiger partial charge in [0.15, 0.2) is 0 Å². The fourth-order valence-electron chi connectivity index (χ4n) is 1.36. The van der Waals surface area contributed by atoms with Crippen molar-refractivity contribution in [3.63, 3.8) is 0 Å². The minimum atomic E-state index is -0.0769. The van der Waals surface area contributed by atoms with Gasteiger partial charge in [-0.25, -0.2) is 0 Å². The molecule has 1 aliphatic heterocycles. The van der Waals surface area contributed by atoms with Crippen molar-refractivity contribution in [1.82, 2.24) is 0 Å². The van der Waals surface area contributed by atoms with Crippen LogP contribution in [-0.4, -0.2) is 5.91 Å². The molecule has 4 heteroatoms. The molecule has 1 heterocycles. The maximum Gasteiger partial charge on any atom is 0.228 e. The van der Waals surface area contributed by atoms with Crippen LogP contribution in [0.4, 0.5) is 5.69 Å². The number of nitrogens with one attached hydrogen (secondary N) is 1. The van der Waals surface area contributed by atoms with Gasteiger partial charge in [0.1, 0.15) is 0 Å². The summed E-state index contributed by atoms with van der Waals surface area (Å²) < 4.78 is 0. The van der Waals surface area contributed by atoms with Gasteiger partial charge >= 0.3 is 0 Å². The molecule has 1 aliphatic rings. The van der Waals surface area contributed by atoms with Crippen molar-refractivity contribution in [1.29, 1.82) is 5.26 Å². The number of hydrogen-bond acceptors (Lipinski definition) is 2. The first-order valence-corrected chi connectivity index (χ1v) is 4.11.